The number of amides is 2. The number of hydrogen-bond donors (Lipinski definition) is 2. The molecule has 0 aliphatic heterocycles. The smallest absolute Gasteiger partial charge is 0.258 e. The van der Waals surface area contributed by atoms with Gasteiger partial charge in [0.25, 0.3) is 5.56 Å². The average molecular weight is 467 g/mol. The fourth-order valence-electron chi connectivity index (χ4n) is 4.58. The lowest BCUT2D eigenvalue weighted by Gasteiger charge is -2.09. The van der Waals surface area contributed by atoms with Crippen molar-refractivity contribution >= 4 is 50.1 Å². The summed E-state index contributed by atoms with van der Waals surface area (Å²) in [7, 11) is 0. The molecule has 0 radical (unpaired) electrons. The molecule has 3 aromatic carbocycles. The Hall–Kier alpha value is -4.39. The van der Waals surface area contributed by atoms with Gasteiger partial charge in [-0.3, -0.25) is 14.4 Å². The number of nitrogens with one attached hydrogen (secondary N) is 2. The SMILES string of the molecule is CCn1c2ccccc2c2cc(NC(=O)CCNC(=O)Cn3ccc4ccccc4c3=O)ccc21. The third-order valence-corrected chi connectivity index (χ3v) is 6.25. The standard InChI is InChI=1S/C28H26N4O3/c1-2-32-24-10-6-5-9-22(24)23-17-20(11-12-25(23)32)30-26(33)13-15-29-27(34)18-31-16-14-19-7-3-4-8-21(19)28(31)35/h3-12,14,16-17H,2,13,15,18H2,1H3,(H,29,34)(H,30,33). The van der Waals surface area contributed by atoms with Crippen molar-refractivity contribution in [3.05, 3.63) is 89.3 Å². The van der Waals surface area contributed by atoms with Crippen LogP contribution in [0.25, 0.3) is 32.6 Å². The lowest BCUT2D eigenvalue weighted by Crippen LogP contribution is -2.33. The van der Waals surface area contributed by atoms with Gasteiger partial charge in [0.2, 0.25) is 11.8 Å². The zero-order chi connectivity index (χ0) is 24.4. The van der Waals surface area contributed by atoms with Crippen molar-refractivity contribution in [2.45, 2.75) is 26.4 Å². The zero-order valence-electron chi connectivity index (χ0n) is 19.5. The summed E-state index contributed by atoms with van der Waals surface area (Å²) in [5.41, 5.74) is 2.80. The van der Waals surface area contributed by atoms with Crippen molar-refractivity contribution in [3.8, 4) is 0 Å². The Morgan fingerprint density at radius 2 is 1.57 bits per heavy atom. The highest BCUT2D eigenvalue weighted by Gasteiger charge is 2.12. The number of carbonyl (C=O) groups is 2. The Balaban J connectivity index is 1.20. The second kappa shape index (κ2) is 9.46. The molecule has 0 aliphatic carbocycles. The molecule has 7 heteroatoms. The molecule has 0 spiro atoms. The summed E-state index contributed by atoms with van der Waals surface area (Å²) in [6, 6.07) is 23.2. The van der Waals surface area contributed by atoms with E-state index < -0.39 is 0 Å². The molecule has 2 heterocycles. The van der Waals surface area contributed by atoms with E-state index in [1.54, 1.807) is 18.3 Å². The minimum absolute atomic E-state index is 0.0938. The Morgan fingerprint density at radius 1 is 0.829 bits per heavy atom. The molecule has 2 N–H and O–H groups in total. The molecule has 176 valence electrons. The topological polar surface area (TPSA) is 85.1 Å². The fourth-order valence-corrected chi connectivity index (χ4v) is 4.58. The Kier molecular flexibility index (Phi) is 6.06. The van der Waals surface area contributed by atoms with Gasteiger partial charge in [-0.2, -0.15) is 0 Å². The highest BCUT2D eigenvalue weighted by molar-refractivity contribution is 6.09. The molecule has 0 bridgehead atoms. The van der Waals surface area contributed by atoms with Gasteiger partial charge in [0.1, 0.15) is 6.54 Å². The largest absolute Gasteiger partial charge is 0.354 e. The zero-order valence-corrected chi connectivity index (χ0v) is 19.5. The Bertz CT molecular complexity index is 1630. The molecule has 2 amide bonds. The number of aryl methyl sites for hydroxylation is 1. The summed E-state index contributed by atoms with van der Waals surface area (Å²) in [5, 5.41) is 9.30. The second-order valence-corrected chi connectivity index (χ2v) is 8.48. The van der Waals surface area contributed by atoms with E-state index in [4.69, 9.17) is 0 Å². The molecule has 0 atom stereocenters. The molecule has 0 saturated carbocycles. The molecular formula is C28H26N4O3. The van der Waals surface area contributed by atoms with E-state index in [0.717, 1.165) is 33.9 Å². The molecule has 0 fully saturated rings. The van der Waals surface area contributed by atoms with Crippen LogP contribution in [0.15, 0.2) is 83.8 Å². The summed E-state index contributed by atoms with van der Waals surface area (Å²) in [4.78, 5) is 37.4. The van der Waals surface area contributed by atoms with Crippen LogP contribution in [0.3, 0.4) is 0 Å². The first kappa shape index (κ1) is 22.4. The lowest BCUT2D eigenvalue weighted by molar-refractivity contribution is -0.121. The highest BCUT2D eigenvalue weighted by Crippen LogP contribution is 2.31. The Morgan fingerprint density at radius 3 is 2.40 bits per heavy atom. The van der Waals surface area contributed by atoms with Crippen molar-refractivity contribution < 1.29 is 9.59 Å². The average Bonchev–Trinajstić information content (AvgIpc) is 3.19. The molecule has 2 aromatic heterocycles. The maximum absolute atomic E-state index is 12.6. The fraction of sp³-hybridized carbons (Fsp3) is 0.179. The van der Waals surface area contributed by atoms with E-state index in [0.29, 0.717) is 5.39 Å². The first-order valence-electron chi connectivity index (χ1n) is 11.7. The van der Waals surface area contributed by atoms with Crippen LogP contribution in [0, 0.1) is 0 Å². The number of aromatic nitrogens is 2. The van der Waals surface area contributed by atoms with Crippen molar-refractivity contribution in [2.24, 2.45) is 0 Å². The third-order valence-electron chi connectivity index (χ3n) is 6.25. The van der Waals surface area contributed by atoms with Gasteiger partial charge in [0.05, 0.1) is 0 Å². The monoisotopic (exact) mass is 466 g/mol. The number of benzene rings is 3. The van der Waals surface area contributed by atoms with E-state index in [1.165, 1.54) is 10.1 Å². The number of anilines is 1. The van der Waals surface area contributed by atoms with Crippen LogP contribution in [0.5, 0.6) is 0 Å². The van der Waals surface area contributed by atoms with Gasteiger partial charge < -0.3 is 19.8 Å². The van der Waals surface area contributed by atoms with E-state index in [9.17, 15) is 14.4 Å². The van der Waals surface area contributed by atoms with E-state index in [-0.39, 0.29) is 36.9 Å². The van der Waals surface area contributed by atoms with Crippen LogP contribution in [0.4, 0.5) is 5.69 Å². The van der Waals surface area contributed by atoms with Gasteiger partial charge in [-0.1, -0.05) is 36.4 Å². The number of carbonyl (C=O) groups excluding carboxylic acids is 2. The molecule has 7 nitrogen and oxygen atoms in total. The van der Waals surface area contributed by atoms with Crippen LogP contribution in [-0.4, -0.2) is 27.5 Å². The number of rotatable bonds is 7. The Labute approximate surface area is 202 Å². The van der Waals surface area contributed by atoms with Crippen molar-refractivity contribution in [1.82, 2.24) is 14.5 Å². The normalized spacial score (nSPS) is 11.2. The van der Waals surface area contributed by atoms with Crippen LogP contribution in [0.2, 0.25) is 0 Å². The predicted octanol–water partition coefficient (Wildman–Crippen LogP) is 4.27. The number of nitrogens with zero attached hydrogens (tertiary/aromatic N) is 2. The van der Waals surface area contributed by atoms with E-state index >= 15 is 0 Å². The summed E-state index contributed by atoms with van der Waals surface area (Å²) in [6.45, 7) is 3.07. The minimum Gasteiger partial charge on any atom is -0.354 e. The van der Waals surface area contributed by atoms with Crippen molar-refractivity contribution in [3.63, 3.8) is 0 Å². The van der Waals surface area contributed by atoms with Gasteiger partial charge in [-0.15, -0.1) is 0 Å². The first-order chi connectivity index (χ1) is 17.0. The molecule has 5 rings (SSSR count). The molecule has 0 unspecified atom stereocenters. The molecule has 0 aliphatic rings. The second-order valence-electron chi connectivity index (χ2n) is 8.48. The summed E-state index contributed by atoms with van der Waals surface area (Å²) >= 11 is 0. The summed E-state index contributed by atoms with van der Waals surface area (Å²) in [5.74, 6) is -0.504. The molecule has 35 heavy (non-hydrogen) atoms. The van der Waals surface area contributed by atoms with E-state index in [2.05, 4.69) is 34.3 Å². The third kappa shape index (κ3) is 4.40. The number of fused-ring (bicyclic) bond motifs is 4. The van der Waals surface area contributed by atoms with Gasteiger partial charge >= 0.3 is 0 Å². The lowest BCUT2D eigenvalue weighted by atomic mass is 10.1. The summed E-state index contributed by atoms with van der Waals surface area (Å²) in [6.07, 6.45) is 1.75. The molecular weight excluding hydrogens is 440 g/mol. The van der Waals surface area contributed by atoms with Crippen LogP contribution in [-0.2, 0) is 22.7 Å². The van der Waals surface area contributed by atoms with Gasteiger partial charge in [0, 0.05) is 58.6 Å². The quantitative estimate of drug-likeness (QED) is 0.376. The van der Waals surface area contributed by atoms with Crippen molar-refractivity contribution in [2.75, 3.05) is 11.9 Å². The predicted molar refractivity (Wildman–Crippen MR) is 140 cm³/mol. The number of pyridine rings is 1. The summed E-state index contributed by atoms with van der Waals surface area (Å²) < 4.78 is 3.63. The highest BCUT2D eigenvalue weighted by atomic mass is 16.2. The maximum atomic E-state index is 12.6. The molecule has 0 saturated heterocycles. The maximum Gasteiger partial charge on any atom is 0.258 e. The van der Waals surface area contributed by atoms with Gasteiger partial charge in [-0.25, -0.2) is 0 Å². The molecule has 5 aromatic rings. The van der Waals surface area contributed by atoms with Gasteiger partial charge in [0.15, 0.2) is 0 Å². The van der Waals surface area contributed by atoms with E-state index in [1.807, 2.05) is 48.5 Å². The van der Waals surface area contributed by atoms with Crippen molar-refractivity contribution in [1.29, 1.82) is 0 Å². The van der Waals surface area contributed by atoms with Crippen LogP contribution < -0.4 is 16.2 Å². The van der Waals surface area contributed by atoms with Crippen LogP contribution >= 0.6 is 0 Å². The van der Waals surface area contributed by atoms with Gasteiger partial charge in [-0.05, 0) is 48.7 Å². The number of hydrogen-bond acceptors (Lipinski definition) is 3. The number of para-hydroxylation sites is 1. The first-order valence-corrected chi connectivity index (χ1v) is 11.7. The van der Waals surface area contributed by atoms with Crippen LogP contribution in [0.1, 0.15) is 13.3 Å². The minimum atomic E-state index is -0.316.